The molecule has 10 heteroatoms. The van der Waals surface area contributed by atoms with Crippen LogP contribution in [0, 0.1) is 82.9 Å². The summed E-state index contributed by atoms with van der Waals surface area (Å²) < 4.78 is 21.8. The Morgan fingerprint density at radius 1 is 0.492 bits per heavy atom. The van der Waals surface area contributed by atoms with Crippen LogP contribution >= 0.6 is 0 Å². The zero-order valence-electron chi connectivity index (χ0n) is 44.5. The predicted molar refractivity (Wildman–Crippen MR) is 264 cm³/mol. The highest BCUT2D eigenvalue weighted by Gasteiger charge is 2.45. The highest BCUT2D eigenvalue weighted by atomic mass is 16.5. The van der Waals surface area contributed by atoms with Crippen molar-refractivity contribution in [3.63, 3.8) is 0 Å². The second-order valence-electron chi connectivity index (χ2n) is 23.6. The Balaban J connectivity index is 0.000000214. The van der Waals surface area contributed by atoms with E-state index in [9.17, 15) is 14.4 Å². The van der Waals surface area contributed by atoms with Gasteiger partial charge in [0.15, 0.2) is 0 Å². The molecule has 0 aromatic heterocycles. The minimum atomic E-state index is 0.140. The SMILES string of the molecule is CC(C)C(C(=O)N1C(C)CC[C@H]1C(C)C)C1CCOCC1.CC1C[C@@H](C(C)C)N(C(=O)C(C(C)C)C2CCOCC2)C1.COCC1C[C@@H](C(C)C)N(C(=O)C(C(C)C)C2CCOCC2)C1. The Morgan fingerprint density at radius 3 is 1.23 bits per heavy atom. The number of hydrogen-bond acceptors (Lipinski definition) is 7. The lowest BCUT2D eigenvalue weighted by Gasteiger charge is -2.39. The second kappa shape index (κ2) is 26.9. The van der Waals surface area contributed by atoms with Crippen LogP contribution in [0.1, 0.15) is 161 Å². The molecule has 0 N–H and O–H groups in total. The van der Waals surface area contributed by atoms with Gasteiger partial charge in [0.1, 0.15) is 0 Å². The van der Waals surface area contributed by atoms with Crippen LogP contribution < -0.4 is 0 Å². The van der Waals surface area contributed by atoms with Crippen molar-refractivity contribution in [3.05, 3.63) is 0 Å². The first-order valence-corrected chi connectivity index (χ1v) is 27.0. The maximum atomic E-state index is 13.4. The highest BCUT2D eigenvalue weighted by Crippen LogP contribution is 2.39. The average molecular weight is 916 g/mol. The molecule has 378 valence electrons. The van der Waals surface area contributed by atoms with Crippen LogP contribution in [-0.4, -0.2) is 123 Å². The van der Waals surface area contributed by atoms with Crippen LogP contribution in [0.3, 0.4) is 0 Å². The molecular formula is C55H101N3O7. The van der Waals surface area contributed by atoms with Crippen LogP contribution in [0.2, 0.25) is 0 Å². The van der Waals surface area contributed by atoms with Gasteiger partial charge in [0.05, 0.1) is 6.61 Å². The molecule has 6 fully saturated rings. The summed E-state index contributed by atoms with van der Waals surface area (Å²) in [6, 6.07) is 1.65. The van der Waals surface area contributed by atoms with Gasteiger partial charge >= 0.3 is 0 Å². The lowest BCUT2D eigenvalue weighted by molar-refractivity contribution is -0.144. The first-order chi connectivity index (χ1) is 30.8. The van der Waals surface area contributed by atoms with E-state index < -0.39 is 0 Å². The van der Waals surface area contributed by atoms with E-state index >= 15 is 0 Å². The fraction of sp³-hybridized carbons (Fsp3) is 0.945. The minimum absolute atomic E-state index is 0.140. The number of likely N-dealkylation sites (tertiary alicyclic amines) is 3. The summed E-state index contributed by atoms with van der Waals surface area (Å²) in [7, 11) is 1.76. The molecule has 3 amide bonds. The molecule has 6 rings (SSSR count). The van der Waals surface area contributed by atoms with Crippen LogP contribution in [0.5, 0.6) is 0 Å². The normalized spacial score (nSPS) is 28.8. The van der Waals surface area contributed by atoms with Gasteiger partial charge in [-0.05, 0) is 130 Å². The van der Waals surface area contributed by atoms with E-state index in [1.807, 2.05) is 0 Å². The van der Waals surface area contributed by atoms with Gasteiger partial charge in [-0.3, -0.25) is 14.4 Å². The number of ether oxygens (including phenoxy) is 4. The Hall–Kier alpha value is -1.75. The lowest BCUT2D eigenvalue weighted by atomic mass is 9.77. The van der Waals surface area contributed by atoms with Crippen molar-refractivity contribution in [2.45, 2.75) is 185 Å². The first-order valence-electron chi connectivity index (χ1n) is 27.0. The number of amides is 3. The topological polar surface area (TPSA) is 97.9 Å². The van der Waals surface area contributed by atoms with Gasteiger partial charge in [-0.1, -0.05) is 90.0 Å². The third-order valence-electron chi connectivity index (χ3n) is 16.6. The molecule has 6 heterocycles. The number of rotatable bonds is 14. The molecule has 0 bridgehead atoms. The molecule has 6 saturated heterocycles. The molecule has 0 spiro atoms. The Morgan fingerprint density at radius 2 is 0.862 bits per heavy atom. The predicted octanol–water partition coefficient (Wildman–Crippen LogP) is 10.5. The van der Waals surface area contributed by atoms with E-state index in [0.29, 0.717) is 107 Å². The summed E-state index contributed by atoms with van der Waals surface area (Å²) in [6.45, 7) is 38.7. The van der Waals surface area contributed by atoms with Crippen molar-refractivity contribution in [2.75, 3.05) is 66.4 Å². The van der Waals surface area contributed by atoms with Gasteiger partial charge in [0.25, 0.3) is 0 Å². The summed E-state index contributed by atoms with van der Waals surface area (Å²) >= 11 is 0. The van der Waals surface area contributed by atoms with Crippen LogP contribution in [0.15, 0.2) is 0 Å². The molecule has 0 aromatic rings. The van der Waals surface area contributed by atoms with Gasteiger partial charge in [-0.15, -0.1) is 0 Å². The molecule has 6 aliphatic heterocycles. The molecule has 0 radical (unpaired) electrons. The Labute approximate surface area is 399 Å². The first kappa shape index (κ1) is 55.8. The molecule has 0 saturated carbocycles. The number of carbonyl (C=O) groups excluding carboxylic acids is 3. The Bertz CT molecular complexity index is 1390. The number of nitrogens with zero attached hydrogens (tertiary/aromatic N) is 3. The number of carbonyl (C=O) groups is 3. The smallest absolute Gasteiger partial charge is 0.226 e. The van der Waals surface area contributed by atoms with Gasteiger partial charge in [-0.25, -0.2) is 0 Å². The van der Waals surface area contributed by atoms with Gasteiger partial charge in [0, 0.05) is 108 Å². The molecule has 10 nitrogen and oxygen atoms in total. The fourth-order valence-electron chi connectivity index (χ4n) is 13.1. The van der Waals surface area contributed by atoms with Crippen LogP contribution in [0.25, 0.3) is 0 Å². The third kappa shape index (κ3) is 15.1. The summed E-state index contributed by atoms with van der Waals surface area (Å²) in [6.07, 6.45) is 10.8. The molecule has 6 unspecified atom stereocenters. The maximum absolute atomic E-state index is 13.4. The second-order valence-corrected chi connectivity index (χ2v) is 23.6. The molecule has 6 aliphatic rings. The van der Waals surface area contributed by atoms with E-state index in [-0.39, 0.29) is 17.8 Å². The highest BCUT2D eigenvalue weighted by molar-refractivity contribution is 5.81. The molecule has 9 atom stereocenters. The van der Waals surface area contributed by atoms with E-state index in [1.165, 1.54) is 12.8 Å². The van der Waals surface area contributed by atoms with Crippen LogP contribution in [0.4, 0.5) is 0 Å². The fourth-order valence-corrected chi connectivity index (χ4v) is 13.1. The van der Waals surface area contributed by atoms with Crippen LogP contribution in [-0.2, 0) is 33.3 Å². The van der Waals surface area contributed by atoms with E-state index in [2.05, 4.69) is 112 Å². The number of hydrogen-bond donors (Lipinski definition) is 0. The lowest BCUT2D eigenvalue weighted by Crippen LogP contribution is -2.49. The zero-order chi connectivity index (χ0) is 48.1. The van der Waals surface area contributed by atoms with Gasteiger partial charge in [0.2, 0.25) is 17.7 Å². The van der Waals surface area contributed by atoms with Gasteiger partial charge < -0.3 is 33.6 Å². The van der Waals surface area contributed by atoms with E-state index in [4.69, 9.17) is 18.9 Å². The molecular weight excluding hydrogens is 815 g/mol. The maximum Gasteiger partial charge on any atom is 0.226 e. The van der Waals surface area contributed by atoms with Crippen molar-refractivity contribution in [1.82, 2.24) is 14.7 Å². The Kier molecular flexibility index (Phi) is 23.1. The van der Waals surface area contributed by atoms with Crippen molar-refractivity contribution < 1.29 is 33.3 Å². The molecule has 0 aromatic carbocycles. The summed E-state index contributed by atoms with van der Waals surface area (Å²) in [5.74, 6) is 7.17. The molecule has 0 aliphatic carbocycles. The zero-order valence-corrected chi connectivity index (χ0v) is 44.5. The summed E-state index contributed by atoms with van der Waals surface area (Å²) in [4.78, 5) is 46.6. The largest absolute Gasteiger partial charge is 0.384 e. The van der Waals surface area contributed by atoms with Crippen molar-refractivity contribution in [2.24, 2.45) is 82.9 Å². The summed E-state index contributed by atoms with van der Waals surface area (Å²) in [5.41, 5.74) is 0. The quantitative estimate of drug-likeness (QED) is 0.171. The summed E-state index contributed by atoms with van der Waals surface area (Å²) in [5, 5.41) is 0. The van der Waals surface area contributed by atoms with E-state index in [1.54, 1.807) is 7.11 Å². The molecule has 65 heavy (non-hydrogen) atoms. The number of methoxy groups -OCH3 is 1. The average Bonchev–Trinajstić information content (AvgIpc) is 3.99. The minimum Gasteiger partial charge on any atom is -0.384 e. The third-order valence-corrected chi connectivity index (χ3v) is 16.6. The standard InChI is InChI=1S/C19H35NO3.2C18H33NO2/c1-13(2)17-10-15(12-22-5)11-20(17)19(21)18(14(3)4)16-6-8-23-9-7-16;1-12(2)16-10-14(5)11-19(16)18(20)17(13(3)4)15-6-8-21-9-7-15;1-12(2)16-7-6-14(5)19(16)18(20)17(13(3)4)15-8-10-21-11-9-15/h13-18H,6-12H2,1-5H3;2*12-17H,6-11H2,1-5H3/t15?,17-,18?;2*14?,16-,17?/m000/s1. The van der Waals surface area contributed by atoms with Crippen molar-refractivity contribution in [3.8, 4) is 0 Å². The monoisotopic (exact) mass is 916 g/mol. The van der Waals surface area contributed by atoms with Crippen molar-refractivity contribution in [1.29, 1.82) is 0 Å². The van der Waals surface area contributed by atoms with E-state index in [0.717, 1.165) is 111 Å². The van der Waals surface area contributed by atoms with Crippen molar-refractivity contribution >= 4 is 17.7 Å². The van der Waals surface area contributed by atoms with Gasteiger partial charge in [-0.2, -0.15) is 0 Å².